The molecule has 0 radical (unpaired) electrons. The van der Waals surface area contributed by atoms with Gasteiger partial charge in [0.25, 0.3) is 5.91 Å². The second kappa shape index (κ2) is 9.19. The Morgan fingerprint density at radius 1 is 1.13 bits per heavy atom. The number of morpholine rings is 1. The summed E-state index contributed by atoms with van der Waals surface area (Å²) in [5.41, 5.74) is 0.703. The van der Waals surface area contributed by atoms with E-state index < -0.39 is 0 Å². The van der Waals surface area contributed by atoms with Gasteiger partial charge >= 0.3 is 0 Å². The van der Waals surface area contributed by atoms with E-state index >= 15 is 0 Å². The highest BCUT2D eigenvalue weighted by Gasteiger charge is 2.42. The van der Waals surface area contributed by atoms with Crippen LogP contribution in [0.1, 0.15) is 63.9 Å². The minimum Gasteiger partial charge on any atom is -0.482 e. The highest BCUT2D eigenvalue weighted by atomic mass is 19.1. The summed E-state index contributed by atoms with van der Waals surface area (Å²) in [5.74, 6) is 0.297. The summed E-state index contributed by atoms with van der Waals surface area (Å²) in [6.07, 6.45) is 9.66. The molecule has 4 rings (SSSR count). The third-order valence-electron chi connectivity index (χ3n) is 6.68. The molecule has 2 unspecified atom stereocenters. The average Bonchev–Trinajstić information content (AvgIpc) is 2.74. The lowest BCUT2D eigenvalue weighted by atomic mass is 9.87. The molecule has 1 saturated heterocycles. The number of carbonyl (C=O) groups excluding carboxylic acids is 2. The Balaban J connectivity index is 1.48. The summed E-state index contributed by atoms with van der Waals surface area (Å²) in [6, 6.07) is 6.11. The van der Waals surface area contributed by atoms with E-state index in [2.05, 4.69) is 12.2 Å². The molecule has 1 N–H and O–H groups in total. The SMILES string of the molecule is CC1CCC(NC(=O)CN2C(=O)/C(=C\c3ccc(F)cc3)OC3CCCCC32)CC1. The molecule has 3 aliphatic rings. The highest BCUT2D eigenvalue weighted by molar-refractivity contribution is 5.98. The lowest BCUT2D eigenvalue weighted by Gasteiger charge is -2.44. The van der Waals surface area contributed by atoms with Crippen molar-refractivity contribution in [3.8, 4) is 0 Å². The number of halogens is 1. The van der Waals surface area contributed by atoms with Crippen molar-refractivity contribution < 1.29 is 18.7 Å². The van der Waals surface area contributed by atoms with E-state index in [0.717, 1.165) is 57.3 Å². The first-order valence-electron chi connectivity index (χ1n) is 11.2. The molecule has 1 aromatic rings. The number of fused-ring (bicyclic) bond motifs is 1. The molecule has 2 aliphatic carbocycles. The summed E-state index contributed by atoms with van der Waals surface area (Å²) >= 11 is 0. The van der Waals surface area contributed by atoms with Gasteiger partial charge in [-0.15, -0.1) is 0 Å². The van der Waals surface area contributed by atoms with Crippen molar-refractivity contribution in [3.05, 3.63) is 41.4 Å². The summed E-state index contributed by atoms with van der Waals surface area (Å²) in [7, 11) is 0. The molecule has 0 bridgehead atoms. The van der Waals surface area contributed by atoms with Gasteiger partial charge < -0.3 is 15.0 Å². The molecular weight excluding hydrogens is 383 g/mol. The Bertz CT molecular complexity index is 799. The van der Waals surface area contributed by atoms with Crippen molar-refractivity contribution in [3.63, 3.8) is 0 Å². The van der Waals surface area contributed by atoms with Crippen LogP contribution in [0.5, 0.6) is 0 Å². The predicted molar refractivity (Wildman–Crippen MR) is 113 cm³/mol. The number of rotatable bonds is 4. The van der Waals surface area contributed by atoms with Crippen LogP contribution < -0.4 is 5.32 Å². The normalized spacial score (nSPS) is 30.5. The maximum atomic E-state index is 13.2. The Morgan fingerprint density at radius 2 is 1.83 bits per heavy atom. The minimum atomic E-state index is -0.323. The van der Waals surface area contributed by atoms with Gasteiger partial charge in [-0.2, -0.15) is 0 Å². The number of benzene rings is 1. The maximum absolute atomic E-state index is 13.2. The standard InChI is InChI=1S/C24H31FN2O3/c1-16-6-12-19(13-7-16)26-23(28)15-27-20-4-2-3-5-21(20)30-22(24(27)29)14-17-8-10-18(25)11-9-17/h8-11,14,16,19-21H,2-7,12-13,15H2,1H3,(H,26,28)/b22-14+. The van der Waals surface area contributed by atoms with Gasteiger partial charge in [0.15, 0.2) is 5.76 Å². The molecule has 1 heterocycles. The number of carbonyl (C=O) groups is 2. The Hall–Kier alpha value is -2.37. The molecule has 2 amide bonds. The summed E-state index contributed by atoms with van der Waals surface area (Å²) in [5, 5.41) is 3.14. The van der Waals surface area contributed by atoms with Gasteiger partial charge in [-0.3, -0.25) is 9.59 Å². The molecule has 2 atom stereocenters. The Labute approximate surface area is 177 Å². The molecule has 162 valence electrons. The number of nitrogens with one attached hydrogen (secondary N) is 1. The minimum absolute atomic E-state index is 0.0613. The molecule has 0 spiro atoms. The summed E-state index contributed by atoms with van der Waals surface area (Å²) < 4.78 is 19.3. The van der Waals surface area contributed by atoms with E-state index in [1.165, 1.54) is 12.1 Å². The zero-order valence-corrected chi connectivity index (χ0v) is 17.6. The van der Waals surface area contributed by atoms with Crippen molar-refractivity contribution in [2.24, 2.45) is 5.92 Å². The fourth-order valence-corrected chi connectivity index (χ4v) is 4.90. The third kappa shape index (κ3) is 4.85. The first kappa shape index (κ1) is 20.9. The molecule has 1 aliphatic heterocycles. The van der Waals surface area contributed by atoms with Gasteiger partial charge in [-0.1, -0.05) is 25.5 Å². The molecular formula is C24H31FN2O3. The van der Waals surface area contributed by atoms with Crippen LogP contribution in [0.4, 0.5) is 4.39 Å². The van der Waals surface area contributed by atoms with E-state index in [1.807, 2.05) is 0 Å². The van der Waals surface area contributed by atoms with Crippen molar-refractivity contribution in [2.75, 3.05) is 6.54 Å². The van der Waals surface area contributed by atoms with Crippen LogP contribution in [0, 0.1) is 11.7 Å². The molecule has 5 nitrogen and oxygen atoms in total. The van der Waals surface area contributed by atoms with Crippen molar-refractivity contribution in [1.29, 1.82) is 0 Å². The highest BCUT2D eigenvalue weighted by Crippen LogP contribution is 2.33. The van der Waals surface area contributed by atoms with Crippen LogP contribution in [0.2, 0.25) is 0 Å². The molecule has 0 aromatic heterocycles. The van der Waals surface area contributed by atoms with Crippen LogP contribution in [-0.2, 0) is 14.3 Å². The van der Waals surface area contributed by atoms with Crippen LogP contribution in [0.15, 0.2) is 30.0 Å². The maximum Gasteiger partial charge on any atom is 0.289 e. The number of hydrogen-bond acceptors (Lipinski definition) is 3. The number of ether oxygens (including phenoxy) is 1. The average molecular weight is 415 g/mol. The zero-order chi connectivity index (χ0) is 21.1. The van der Waals surface area contributed by atoms with E-state index in [4.69, 9.17) is 4.74 Å². The monoisotopic (exact) mass is 414 g/mol. The van der Waals surface area contributed by atoms with E-state index in [1.54, 1.807) is 23.1 Å². The Morgan fingerprint density at radius 3 is 2.57 bits per heavy atom. The van der Waals surface area contributed by atoms with Gasteiger partial charge in [0.05, 0.1) is 6.04 Å². The number of hydrogen-bond donors (Lipinski definition) is 1. The van der Waals surface area contributed by atoms with Crippen LogP contribution in [-0.4, -0.2) is 41.4 Å². The number of nitrogens with zero attached hydrogens (tertiary/aromatic N) is 1. The Kier molecular flexibility index (Phi) is 6.40. The molecule has 6 heteroatoms. The van der Waals surface area contributed by atoms with E-state index in [9.17, 15) is 14.0 Å². The largest absolute Gasteiger partial charge is 0.482 e. The van der Waals surface area contributed by atoms with Gasteiger partial charge in [0.1, 0.15) is 18.5 Å². The summed E-state index contributed by atoms with van der Waals surface area (Å²) in [4.78, 5) is 27.7. The first-order valence-corrected chi connectivity index (χ1v) is 11.2. The zero-order valence-electron chi connectivity index (χ0n) is 17.6. The van der Waals surface area contributed by atoms with Crippen LogP contribution in [0.25, 0.3) is 6.08 Å². The predicted octanol–water partition coefficient (Wildman–Crippen LogP) is 4.03. The lowest BCUT2D eigenvalue weighted by Crippen LogP contribution is -2.57. The molecule has 2 saturated carbocycles. The van der Waals surface area contributed by atoms with E-state index in [0.29, 0.717) is 5.56 Å². The molecule has 30 heavy (non-hydrogen) atoms. The van der Waals surface area contributed by atoms with Crippen molar-refractivity contribution >= 4 is 17.9 Å². The second-order valence-electron chi connectivity index (χ2n) is 9.03. The first-order chi connectivity index (χ1) is 14.5. The van der Waals surface area contributed by atoms with E-state index in [-0.39, 0.29) is 48.1 Å². The summed E-state index contributed by atoms with van der Waals surface area (Å²) in [6.45, 7) is 2.32. The van der Waals surface area contributed by atoms with Gasteiger partial charge in [-0.05, 0) is 74.6 Å². The van der Waals surface area contributed by atoms with Crippen molar-refractivity contribution in [1.82, 2.24) is 10.2 Å². The lowest BCUT2D eigenvalue weighted by molar-refractivity contribution is -0.152. The quantitative estimate of drug-likeness (QED) is 0.757. The fraction of sp³-hybridized carbons (Fsp3) is 0.583. The van der Waals surface area contributed by atoms with Gasteiger partial charge in [0.2, 0.25) is 5.91 Å². The number of amides is 2. The molecule has 1 aromatic carbocycles. The van der Waals surface area contributed by atoms with Crippen LogP contribution in [0.3, 0.4) is 0 Å². The smallest absolute Gasteiger partial charge is 0.289 e. The van der Waals surface area contributed by atoms with Crippen molar-refractivity contribution in [2.45, 2.75) is 76.5 Å². The second-order valence-corrected chi connectivity index (χ2v) is 9.03. The van der Waals surface area contributed by atoms with Crippen LogP contribution >= 0.6 is 0 Å². The molecule has 3 fully saturated rings. The fourth-order valence-electron chi connectivity index (χ4n) is 4.90. The van der Waals surface area contributed by atoms with Gasteiger partial charge in [0, 0.05) is 6.04 Å². The topological polar surface area (TPSA) is 58.6 Å². The van der Waals surface area contributed by atoms with Gasteiger partial charge in [-0.25, -0.2) is 4.39 Å². The third-order valence-corrected chi connectivity index (χ3v) is 6.68.